The van der Waals surface area contributed by atoms with Crippen LogP contribution in [-0.2, 0) is 11.2 Å². The average molecular weight is 222 g/mol. The molecule has 0 bridgehead atoms. The van der Waals surface area contributed by atoms with Gasteiger partial charge in [-0.05, 0) is 30.7 Å². The van der Waals surface area contributed by atoms with Crippen LogP contribution < -0.4 is 0 Å². The Morgan fingerprint density at radius 3 is 2.56 bits per heavy atom. The van der Waals surface area contributed by atoms with E-state index >= 15 is 0 Å². The highest BCUT2D eigenvalue weighted by Crippen LogP contribution is 2.21. The van der Waals surface area contributed by atoms with Crippen molar-refractivity contribution < 1.29 is 11.6 Å². The second-order valence-electron chi connectivity index (χ2n) is 4.26. The van der Waals surface area contributed by atoms with Crippen LogP contribution in [0.4, 0.5) is 0 Å². The summed E-state index contributed by atoms with van der Waals surface area (Å²) in [6, 6.07) is -1.09. The molecular weight excluding hydrogens is 198 g/mol. The first-order valence-corrected chi connectivity index (χ1v) is 5.64. The van der Waals surface area contributed by atoms with Gasteiger partial charge >= 0.3 is 0 Å². The second-order valence-corrected chi connectivity index (χ2v) is 4.26. The number of piperidine rings is 1. The predicted octanol–water partition coefficient (Wildman–Crippen LogP) is 2.49. The summed E-state index contributed by atoms with van der Waals surface area (Å²) in [5.74, 6) is 0.320. The number of amides is 1. The Balaban J connectivity index is 2.16. The Morgan fingerprint density at radius 1 is 1.38 bits per heavy atom. The molecule has 2 rings (SSSR count). The lowest BCUT2D eigenvalue weighted by Gasteiger charge is -2.31. The topological polar surface area (TPSA) is 20.3 Å². The summed E-state index contributed by atoms with van der Waals surface area (Å²) in [5.41, 5.74) is 0.391. The van der Waals surface area contributed by atoms with E-state index in [4.69, 9.17) is 6.85 Å². The van der Waals surface area contributed by atoms with E-state index in [2.05, 4.69) is 0 Å². The first-order chi connectivity index (χ1) is 9.82. The molecule has 0 spiro atoms. The molecule has 1 aliphatic rings. The largest absolute Gasteiger partial charge is 0.343 e. The number of rotatable bonds is 2. The number of carbonyl (C=O) groups excluding carboxylic acids is 1. The van der Waals surface area contributed by atoms with E-state index in [9.17, 15) is 4.79 Å². The molecule has 1 aromatic carbocycles. The van der Waals surface area contributed by atoms with Gasteiger partial charge in [-0.1, -0.05) is 30.2 Å². The number of hydrogen-bond donors (Lipinski definition) is 0. The first kappa shape index (κ1) is 6.43. The lowest BCUT2D eigenvalue weighted by molar-refractivity contribution is -0.130. The molecule has 0 aliphatic carbocycles. The Morgan fingerprint density at radius 2 is 2.00 bits per heavy atom. The van der Waals surface area contributed by atoms with Crippen molar-refractivity contribution in [2.24, 2.45) is 5.92 Å². The molecule has 86 valence electrons. The maximum absolute atomic E-state index is 11.3. The van der Waals surface area contributed by atoms with Gasteiger partial charge in [0, 0.05) is 20.0 Å². The molecule has 1 amide bonds. The predicted molar refractivity (Wildman–Crippen MR) is 65.1 cm³/mol. The van der Waals surface area contributed by atoms with E-state index in [0.717, 1.165) is 12.8 Å². The zero-order valence-corrected chi connectivity index (χ0v) is 9.47. The van der Waals surface area contributed by atoms with Crippen molar-refractivity contribution in [1.29, 1.82) is 0 Å². The smallest absolute Gasteiger partial charge is 0.219 e. The van der Waals surface area contributed by atoms with Crippen molar-refractivity contribution in [3.63, 3.8) is 0 Å². The van der Waals surface area contributed by atoms with Crippen molar-refractivity contribution in [2.45, 2.75) is 26.2 Å². The van der Waals surface area contributed by atoms with Gasteiger partial charge in [0.1, 0.15) is 0 Å². The van der Waals surface area contributed by atoms with Gasteiger partial charge in [0.2, 0.25) is 5.91 Å². The van der Waals surface area contributed by atoms with Gasteiger partial charge in [0.25, 0.3) is 0 Å². The van der Waals surface area contributed by atoms with Crippen LogP contribution in [0.5, 0.6) is 0 Å². The normalized spacial score (nSPS) is 21.8. The van der Waals surface area contributed by atoms with Crippen molar-refractivity contribution in [3.8, 4) is 0 Å². The quantitative estimate of drug-likeness (QED) is 0.753. The highest BCUT2D eigenvalue weighted by Gasteiger charge is 2.20. The zero-order valence-electron chi connectivity index (χ0n) is 14.5. The molecule has 0 saturated carbocycles. The van der Waals surface area contributed by atoms with E-state index < -0.39 is 0 Å². The number of likely N-dealkylation sites (tertiary alicyclic amines) is 1. The molecule has 0 atom stereocenters. The summed E-state index contributed by atoms with van der Waals surface area (Å²) in [6.45, 7) is 2.91. The maximum atomic E-state index is 11.3. The molecule has 0 unspecified atom stereocenters. The number of benzene rings is 1. The molecule has 1 saturated heterocycles. The summed E-state index contributed by atoms with van der Waals surface area (Å²) in [4.78, 5) is 13.1. The summed E-state index contributed by atoms with van der Waals surface area (Å²) in [5, 5.41) is 0. The minimum absolute atomic E-state index is 0.0660. The third kappa shape index (κ3) is 2.84. The third-order valence-electron chi connectivity index (χ3n) is 3.10. The summed E-state index contributed by atoms with van der Waals surface area (Å²) < 4.78 is 38.8. The van der Waals surface area contributed by atoms with Gasteiger partial charge in [-0.25, -0.2) is 0 Å². The average Bonchev–Trinajstić information content (AvgIpc) is 2.48. The molecule has 0 N–H and O–H groups in total. The van der Waals surface area contributed by atoms with Gasteiger partial charge in [-0.15, -0.1) is 0 Å². The summed E-state index contributed by atoms with van der Waals surface area (Å²) in [7, 11) is 0. The van der Waals surface area contributed by atoms with E-state index in [1.54, 1.807) is 11.8 Å². The number of carbonyl (C=O) groups is 1. The minimum Gasteiger partial charge on any atom is -0.343 e. The number of nitrogens with zero attached hydrogens (tertiary/aromatic N) is 1. The van der Waals surface area contributed by atoms with E-state index in [1.165, 1.54) is 0 Å². The molecule has 1 aromatic rings. The molecule has 1 fully saturated rings. The lowest BCUT2D eigenvalue weighted by Crippen LogP contribution is -2.37. The van der Waals surface area contributed by atoms with Gasteiger partial charge in [-0.3, -0.25) is 4.79 Å². The van der Waals surface area contributed by atoms with Crippen molar-refractivity contribution in [1.82, 2.24) is 4.90 Å². The standard InChI is InChI=1S/C14H19NO/c1-12(16)15-9-7-14(8-10-15)11-13-5-3-2-4-6-13/h2-6,14H,7-11H2,1H3/i2D,3D,4D,5D,6D. The minimum atomic E-state index is -0.347. The molecule has 1 heterocycles. The van der Waals surface area contributed by atoms with Crippen LogP contribution in [0.25, 0.3) is 0 Å². The van der Waals surface area contributed by atoms with Crippen LogP contribution in [0.3, 0.4) is 0 Å². The van der Waals surface area contributed by atoms with Gasteiger partial charge in [0.05, 0.1) is 6.85 Å². The van der Waals surface area contributed by atoms with Gasteiger partial charge in [-0.2, -0.15) is 0 Å². The molecule has 2 nitrogen and oxygen atoms in total. The zero-order chi connectivity index (χ0) is 15.7. The fraction of sp³-hybridized carbons (Fsp3) is 0.500. The molecule has 2 heteroatoms. The first-order valence-electron chi connectivity index (χ1n) is 8.14. The van der Waals surface area contributed by atoms with Gasteiger partial charge < -0.3 is 4.90 Å². The van der Waals surface area contributed by atoms with Crippen LogP contribution in [0.15, 0.2) is 30.2 Å². The molecule has 1 aliphatic heterocycles. The molecular formula is C14H19NO. The van der Waals surface area contributed by atoms with Crippen molar-refractivity contribution in [2.75, 3.05) is 13.1 Å². The maximum Gasteiger partial charge on any atom is 0.219 e. The highest BCUT2D eigenvalue weighted by atomic mass is 16.2. The Labute approximate surface area is 104 Å². The summed E-state index contributed by atoms with van der Waals surface area (Å²) in [6.07, 6.45) is 2.09. The van der Waals surface area contributed by atoms with E-state index in [1.807, 2.05) is 0 Å². The fourth-order valence-corrected chi connectivity index (χ4v) is 2.12. The van der Waals surface area contributed by atoms with Crippen LogP contribution >= 0.6 is 0 Å². The van der Waals surface area contributed by atoms with Crippen molar-refractivity contribution in [3.05, 3.63) is 35.8 Å². The lowest BCUT2D eigenvalue weighted by atomic mass is 9.90. The van der Waals surface area contributed by atoms with E-state index in [0.29, 0.717) is 25.1 Å². The van der Waals surface area contributed by atoms with E-state index in [-0.39, 0.29) is 42.0 Å². The highest BCUT2D eigenvalue weighted by molar-refractivity contribution is 5.73. The Kier molecular flexibility index (Phi) is 2.07. The van der Waals surface area contributed by atoms with Crippen LogP contribution in [0, 0.1) is 5.92 Å². The SMILES string of the molecule is [2H]c1c([2H])c([2H])c(CC2CCN(C(C)=O)CC2)c([2H])c1[2H]. The third-order valence-corrected chi connectivity index (χ3v) is 3.10. The van der Waals surface area contributed by atoms with Crippen LogP contribution in [0.1, 0.15) is 32.2 Å². The van der Waals surface area contributed by atoms with Crippen molar-refractivity contribution >= 4 is 5.91 Å². The van der Waals surface area contributed by atoms with Crippen LogP contribution in [-0.4, -0.2) is 23.9 Å². The Hall–Kier alpha value is -1.31. The molecule has 0 radical (unpaired) electrons. The number of hydrogen-bond acceptors (Lipinski definition) is 1. The summed E-state index contributed by atoms with van der Waals surface area (Å²) >= 11 is 0. The monoisotopic (exact) mass is 222 g/mol. The fourth-order valence-electron chi connectivity index (χ4n) is 2.12. The Bertz CT molecular complexity index is 538. The molecule has 0 aromatic heterocycles. The molecule has 16 heavy (non-hydrogen) atoms. The second kappa shape index (κ2) is 5.15. The van der Waals surface area contributed by atoms with Crippen LogP contribution in [0.2, 0.25) is 0 Å². The van der Waals surface area contributed by atoms with Gasteiger partial charge in [0.15, 0.2) is 0 Å².